The van der Waals surface area contributed by atoms with Gasteiger partial charge in [-0.2, -0.15) is 0 Å². The first kappa shape index (κ1) is 11.3. The summed E-state index contributed by atoms with van der Waals surface area (Å²) in [7, 11) is 0. The molecule has 0 aliphatic rings. The van der Waals surface area contributed by atoms with Crippen LogP contribution in [0.1, 0.15) is 10.4 Å². The summed E-state index contributed by atoms with van der Waals surface area (Å²) >= 11 is 10.7. The molecule has 1 rings (SSSR count). The van der Waals surface area contributed by atoms with Crippen molar-refractivity contribution in [2.75, 3.05) is 0 Å². The minimum absolute atomic E-state index is 0.157. The van der Waals surface area contributed by atoms with Gasteiger partial charge < -0.3 is 0 Å². The highest BCUT2D eigenvalue weighted by Gasteiger charge is 2.22. The van der Waals surface area contributed by atoms with E-state index in [0.717, 1.165) is 12.1 Å². The molecule has 0 radical (unpaired) electrons. The number of halogens is 5. The molecule has 0 unspecified atom stereocenters. The summed E-state index contributed by atoms with van der Waals surface area (Å²) in [4.78, 5) is 10.8. The van der Waals surface area contributed by atoms with Crippen LogP contribution >= 0.6 is 23.2 Å². The van der Waals surface area contributed by atoms with Gasteiger partial charge in [-0.25, -0.2) is 13.2 Å². The lowest BCUT2D eigenvalue weighted by molar-refractivity contribution is 0.0678. The lowest BCUT2D eigenvalue weighted by Crippen LogP contribution is -2.11. The molecule has 0 saturated heterocycles. The van der Waals surface area contributed by atoms with Crippen molar-refractivity contribution in [2.45, 2.75) is 6.43 Å². The van der Waals surface area contributed by atoms with Crippen molar-refractivity contribution in [3.05, 3.63) is 33.6 Å². The molecule has 0 aromatic heterocycles. The number of alkyl halides is 2. The van der Waals surface area contributed by atoms with Crippen LogP contribution in [0, 0.1) is 5.82 Å². The minimum Gasteiger partial charge on any atom is -0.288 e. The quantitative estimate of drug-likeness (QED) is 0.573. The van der Waals surface area contributed by atoms with Crippen molar-refractivity contribution >= 4 is 29.0 Å². The van der Waals surface area contributed by atoms with E-state index in [4.69, 9.17) is 23.2 Å². The summed E-state index contributed by atoms with van der Waals surface area (Å²) in [6, 6.07) is 1.74. The van der Waals surface area contributed by atoms with Gasteiger partial charge in [0.2, 0.25) is 5.78 Å². The highest BCUT2D eigenvalue weighted by atomic mass is 35.5. The Hall–Kier alpha value is -0.740. The number of rotatable bonds is 2. The Labute approximate surface area is 87.4 Å². The molecule has 0 spiro atoms. The normalized spacial score (nSPS) is 10.7. The number of carbonyl (C=O) groups excluding carboxylic acids is 1. The first-order valence-electron chi connectivity index (χ1n) is 3.40. The molecule has 0 saturated carbocycles. The van der Waals surface area contributed by atoms with E-state index in [-0.39, 0.29) is 5.02 Å². The highest BCUT2D eigenvalue weighted by molar-refractivity contribution is 6.36. The molecule has 0 N–H and O–H groups in total. The second kappa shape index (κ2) is 4.19. The number of hydrogen-bond acceptors (Lipinski definition) is 1. The third kappa shape index (κ3) is 2.19. The maximum absolute atomic E-state index is 12.9. The second-order valence-corrected chi connectivity index (χ2v) is 3.23. The molecule has 0 aliphatic carbocycles. The Morgan fingerprint density at radius 1 is 1.29 bits per heavy atom. The molecular weight excluding hydrogens is 240 g/mol. The van der Waals surface area contributed by atoms with E-state index in [1.165, 1.54) is 0 Å². The van der Waals surface area contributed by atoms with Crippen LogP contribution < -0.4 is 0 Å². The van der Waals surface area contributed by atoms with E-state index in [9.17, 15) is 18.0 Å². The van der Waals surface area contributed by atoms with Gasteiger partial charge in [0.15, 0.2) is 0 Å². The van der Waals surface area contributed by atoms with Crippen molar-refractivity contribution in [3.8, 4) is 0 Å². The molecule has 1 aromatic carbocycles. The fourth-order valence-corrected chi connectivity index (χ4v) is 1.26. The average Bonchev–Trinajstić information content (AvgIpc) is 2.09. The van der Waals surface area contributed by atoms with Gasteiger partial charge in [0.05, 0.1) is 5.02 Å². The van der Waals surface area contributed by atoms with Crippen LogP contribution in [0.25, 0.3) is 0 Å². The van der Waals surface area contributed by atoms with Gasteiger partial charge >= 0.3 is 6.43 Å². The third-order valence-electron chi connectivity index (χ3n) is 1.46. The van der Waals surface area contributed by atoms with Crippen molar-refractivity contribution in [1.82, 2.24) is 0 Å². The number of carbonyl (C=O) groups is 1. The number of ketones is 1. The van der Waals surface area contributed by atoms with Crippen molar-refractivity contribution < 1.29 is 18.0 Å². The smallest absolute Gasteiger partial charge is 0.288 e. The lowest BCUT2D eigenvalue weighted by Gasteiger charge is -2.04. The molecule has 1 nitrogen and oxygen atoms in total. The van der Waals surface area contributed by atoms with Gasteiger partial charge in [0, 0.05) is 10.6 Å². The Balaban J connectivity index is 3.27. The first-order valence-corrected chi connectivity index (χ1v) is 4.16. The fourth-order valence-electron chi connectivity index (χ4n) is 0.853. The third-order valence-corrected chi connectivity index (χ3v) is 2.06. The van der Waals surface area contributed by atoms with E-state index in [0.29, 0.717) is 0 Å². The Kier molecular flexibility index (Phi) is 3.39. The summed E-state index contributed by atoms with van der Waals surface area (Å²) in [6.07, 6.45) is -3.23. The molecule has 1 aromatic rings. The number of hydrogen-bond donors (Lipinski definition) is 0. The fraction of sp³-hybridized carbons (Fsp3) is 0.125. The topological polar surface area (TPSA) is 17.1 Å². The standard InChI is InChI=1S/C8H3Cl2F3O/c9-3-1-4(7(14)8(12)13)6(10)5(11)2-3/h1-2,8H. The molecule has 0 amide bonds. The molecular formula is C8H3Cl2F3O. The zero-order valence-corrected chi connectivity index (χ0v) is 8.04. The highest BCUT2D eigenvalue weighted by Crippen LogP contribution is 2.26. The van der Waals surface area contributed by atoms with Crippen molar-refractivity contribution in [2.24, 2.45) is 0 Å². The largest absolute Gasteiger partial charge is 0.300 e. The minimum atomic E-state index is -3.23. The van der Waals surface area contributed by atoms with Crippen molar-refractivity contribution in [3.63, 3.8) is 0 Å². The number of benzene rings is 1. The predicted molar refractivity (Wildman–Crippen MR) is 46.8 cm³/mol. The van der Waals surface area contributed by atoms with Gasteiger partial charge in [-0.05, 0) is 12.1 Å². The van der Waals surface area contributed by atoms with Crippen LogP contribution in [-0.4, -0.2) is 12.2 Å². The van der Waals surface area contributed by atoms with E-state index < -0.39 is 28.6 Å². The summed E-state index contributed by atoms with van der Waals surface area (Å²) < 4.78 is 36.8. The molecule has 14 heavy (non-hydrogen) atoms. The van der Waals surface area contributed by atoms with E-state index in [1.807, 2.05) is 0 Å². The molecule has 6 heteroatoms. The summed E-state index contributed by atoms with van der Waals surface area (Å²) in [5, 5.41) is -0.796. The summed E-state index contributed by atoms with van der Waals surface area (Å²) in [5.41, 5.74) is -0.605. The van der Waals surface area contributed by atoms with Crippen LogP contribution in [0.4, 0.5) is 13.2 Å². The predicted octanol–water partition coefficient (Wildman–Crippen LogP) is 3.58. The Morgan fingerprint density at radius 2 is 1.86 bits per heavy atom. The maximum atomic E-state index is 12.9. The molecule has 76 valence electrons. The summed E-state index contributed by atoms with van der Waals surface area (Å²) in [6.45, 7) is 0. The lowest BCUT2D eigenvalue weighted by atomic mass is 10.1. The Bertz CT molecular complexity index is 379. The van der Waals surface area contributed by atoms with Crippen LogP contribution in [0.5, 0.6) is 0 Å². The van der Waals surface area contributed by atoms with E-state index >= 15 is 0 Å². The average molecular weight is 243 g/mol. The van der Waals surface area contributed by atoms with Gasteiger partial charge in [0.25, 0.3) is 0 Å². The van der Waals surface area contributed by atoms with Crippen LogP contribution in [0.15, 0.2) is 12.1 Å². The van der Waals surface area contributed by atoms with E-state index in [2.05, 4.69) is 0 Å². The SMILES string of the molecule is O=C(c1cc(Cl)cc(F)c1Cl)C(F)F. The zero-order valence-electron chi connectivity index (χ0n) is 6.53. The molecule has 0 heterocycles. The first-order chi connectivity index (χ1) is 6.43. The second-order valence-electron chi connectivity index (χ2n) is 2.41. The number of Topliss-reactive ketones (excluding diaryl/α,β-unsaturated/α-hetero) is 1. The van der Waals surface area contributed by atoms with Crippen LogP contribution in [0.2, 0.25) is 10.0 Å². The van der Waals surface area contributed by atoms with Crippen LogP contribution in [0.3, 0.4) is 0 Å². The molecule has 0 aliphatic heterocycles. The maximum Gasteiger partial charge on any atom is 0.300 e. The molecule has 0 atom stereocenters. The van der Waals surface area contributed by atoms with Gasteiger partial charge in [0.1, 0.15) is 5.82 Å². The molecule has 0 fully saturated rings. The zero-order chi connectivity index (χ0) is 10.9. The van der Waals surface area contributed by atoms with Crippen molar-refractivity contribution in [1.29, 1.82) is 0 Å². The Morgan fingerprint density at radius 3 is 2.36 bits per heavy atom. The van der Waals surface area contributed by atoms with Gasteiger partial charge in [-0.15, -0.1) is 0 Å². The monoisotopic (exact) mass is 242 g/mol. The molecule has 0 bridgehead atoms. The summed E-state index contributed by atoms with van der Waals surface area (Å²) in [5.74, 6) is -2.54. The van der Waals surface area contributed by atoms with Gasteiger partial charge in [-0.3, -0.25) is 4.79 Å². The van der Waals surface area contributed by atoms with E-state index in [1.54, 1.807) is 0 Å². The van der Waals surface area contributed by atoms with Crippen LogP contribution in [-0.2, 0) is 0 Å². The van der Waals surface area contributed by atoms with Gasteiger partial charge in [-0.1, -0.05) is 23.2 Å².